The molecule has 0 aromatic carbocycles. The summed E-state index contributed by atoms with van der Waals surface area (Å²) in [7, 11) is 1.74. The van der Waals surface area contributed by atoms with Crippen molar-refractivity contribution < 1.29 is 9.53 Å². The lowest BCUT2D eigenvalue weighted by Crippen LogP contribution is -2.38. The second kappa shape index (κ2) is 7.22. The molecule has 0 bridgehead atoms. The van der Waals surface area contributed by atoms with Crippen LogP contribution in [0, 0.1) is 5.92 Å². The van der Waals surface area contributed by atoms with Gasteiger partial charge in [-0.05, 0) is 46.8 Å². The maximum atomic E-state index is 12.0. The van der Waals surface area contributed by atoms with Crippen LogP contribution in [-0.4, -0.2) is 37.6 Å². The Balaban J connectivity index is 1.83. The third-order valence-electron chi connectivity index (χ3n) is 3.31. The Morgan fingerprint density at radius 3 is 2.89 bits per heavy atom. The fraction of sp³-hybridized carbons (Fsp3) is 0.500. The maximum Gasteiger partial charge on any atom is 0.246 e. The molecule has 1 amide bonds. The summed E-state index contributed by atoms with van der Waals surface area (Å²) in [6.45, 7) is 2.48. The normalized spacial score (nSPS) is 17.3. The molecule has 0 aliphatic carbocycles. The van der Waals surface area contributed by atoms with Crippen LogP contribution in [0.3, 0.4) is 0 Å². The molecule has 5 heteroatoms. The van der Waals surface area contributed by atoms with E-state index >= 15 is 0 Å². The second-order valence-corrected chi connectivity index (χ2v) is 6.58. The Labute approximate surface area is 126 Å². The van der Waals surface area contributed by atoms with Gasteiger partial charge < -0.3 is 9.64 Å². The van der Waals surface area contributed by atoms with Crippen LogP contribution in [-0.2, 0) is 9.53 Å². The molecule has 2 heterocycles. The van der Waals surface area contributed by atoms with E-state index in [9.17, 15) is 4.79 Å². The number of amides is 1. The van der Waals surface area contributed by atoms with Crippen molar-refractivity contribution >= 4 is 39.2 Å². The SMILES string of the molecule is COCC1CCN(C(=O)/C=C/c2cc(Br)cs2)CC1. The van der Waals surface area contributed by atoms with Gasteiger partial charge in [0.05, 0.1) is 0 Å². The van der Waals surface area contributed by atoms with Gasteiger partial charge >= 0.3 is 0 Å². The van der Waals surface area contributed by atoms with Gasteiger partial charge in [0.1, 0.15) is 0 Å². The summed E-state index contributed by atoms with van der Waals surface area (Å²) < 4.78 is 6.22. The zero-order valence-electron chi connectivity index (χ0n) is 11.0. The Kier molecular flexibility index (Phi) is 5.60. The van der Waals surface area contributed by atoms with Gasteiger partial charge in [-0.15, -0.1) is 11.3 Å². The summed E-state index contributed by atoms with van der Waals surface area (Å²) in [6.07, 6.45) is 5.64. The quantitative estimate of drug-likeness (QED) is 0.784. The molecule has 104 valence electrons. The highest BCUT2D eigenvalue weighted by atomic mass is 79.9. The van der Waals surface area contributed by atoms with Crippen LogP contribution >= 0.6 is 27.3 Å². The molecule has 1 saturated heterocycles. The molecule has 0 atom stereocenters. The minimum Gasteiger partial charge on any atom is -0.384 e. The molecule has 0 saturated carbocycles. The number of thiophene rings is 1. The number of hydrogen-bond acceptors (Lipinski definition) is 3. The Bertz CT molecular complexity index is 450. The average Bonchev–Trinajstić information content (AvgIpc) is 2.83. The highest BCUT2D eigenvalue weighted by molar-refractivity contribution is 9.10. The van der Waals surface area contributed by atoms with Crippen LogP contribution in [0.15, 0.2) is 22.0 Å². The zero-order valence-corrected chi connectivity index (χ0v) is 13.4. The number of ether oxygens (including phenoxy) is 1. The summed E-state index contributed by atoms with van der Waals surface area (Å²) in [5.74, 6) is 0.715. The predicted molar refractivity (Wildman–Crippen MR) is 82.2 cm³/mol. The Morgan fingerprint density at radius 1 is 1.58 bits per heavy atom. The van der Waals surface area contributed by atoms with Gasteiger partial charge in [-0.1, -0.05) is 0 Å². The maximum absolute atomic E-state index is 12.0. The van der Waals surface area contributed by atoms with E-state index in [1.165, 1.54) is 0 Å². The first kappa shape index (κ1) is 14.8. The van der Waals surface area contributed by atoms with Crippen molar-refractivity contribution in [1.29, 1.82) is 0 Å². The molecular weight excluding hydrogens is 326 g/mol. The first-order chi connectivity index (χ1) is 9.19. The predicted octanol–water partition coefficient (Wildman–Crippen LogP) is 3.41. The molecule has 0 spiro atoms. The van der Waals surface area contributed by atoms with Crippen molar-refractivity contribution in [2.75, 3.05) is 26.8 Å². The van der Waals surface area contributed by atoms with E-state index in [1.807, 2.05) is 22.4 Å². The summed E-state index contributed by atoms with van der Waals surface area (Å²) in [4.78, 5) is 15.1. The number of carbonyl (C=O) groups excluding carboxylic acids is 1. The smallest absolute Gasteiger partial charge is 0.246 e. The molecule has 3 nitrogen and oxygen atoms in total. The number of piperidine rings is 1. The van der Waals surface area contributed by atoms with Crippen molar-refractivity contribution in [3.05, 3.63) is 26.9 Å². The van der Waals surface area contributed by atoms with Gasteiger partial charge in [-0.3, -0.25) is 4.79 Å². The molecule has 2 rings (SSSR count). The van der Waals surface area contributed by atoms with Crippen molar-refractivity contribution in [3.8, 4) is 0 Å². The first-order valence-electron chi connectivity index (χ1n) is 6.39. The van der Waals surface area contributed by atoms with E-state index < -0.39 is 0 Å². The lowest BCUT2D eigenvalue weighted by molar-refractivity contribution is -0.127. The highest BCUT2D eigenvalue weighted by Crippen LogP contribution is 2.21. The number of methoxy groups -OCH3 is 1. The number of likely N-dealkylation sites (tertiary alicyclic amines) is 1. The van der Waals surface area contributed by atoms with E-state index in [4.69, 9.17) is 4.74 Å². The molecule has 0 radical (unpaired) electrons. The monoisotopic (exact) mass is 343 g/mol. The van der Waals surface area contributed by atoms with Gasteiger partial charge in [0.15, 0.2) is 0 Å². The van der Waals surface area contributed by atoms with Gasteiger partial charge in [-0.2, -0.15) is 0 Å². The van der Waals surface area contributed by atoms with E-state index in [0.29, 0.717) is 5.92 Å². The summed E-state index contributed by atoms with van der Waals surface area (Å²) >= 11 is 5.03. The summed E-state index contributed by atoms with van der Waals surface area (Å²) in [5, 5.41) is 2.01. The Hall–Kier alpha value is -0.650. The van der Waals surface area contributed by atoms with Crippen molar-refractivity contribution in [2.24, 2.45) is 5.92 Å². The molecule has 1 fully saturated rings. The average molecular weight is 344 g/mol. The fourth-order valence-corrected chi connectivity index (χ4v) is 3.57. The molecule has 0 unspecified atom stereocenters. The number of hydrogen-bond donors (Lipinski definition) is 0. The number of rotatable bonds is 4. The van der Waals surface area contributed by atoms with Crippen LogP contribution in [0.5, 0.6) is 0 Å². The second-order valence-electron chi connectivity index (χ2n) is 4.72. The van der Waals surface area contributed by atoms with Gasteiger partial charge in [0.25, 0.3) is 0 Å². The zero-order chi connectivity index (χ0) is 13.7. The van der Waals surface area contributed by atoms with Gasteiger partial charge in [0.2, 0.25) is 5.91 Å². The minimum atomic E-state index is 0.111. The van der Waals surface area contributed by atoms with Crippen molar-refractivity contribution in [1.82, 2.24) is 4.90 Å². The minimum absolute atomic E-state index is 0.111. The largest absolute Gasteiger partial charge is 0.384 e. The molecule has 1 aliphatic rings. The van der Waals surface area contributed by atoms with Crippen LogP contribution in [0.4, 0.5) is 0 Å². The van der Waals surface area contributed by atoms with Crippen LogP contribution in [0.2, 0.25) is 0 Å². The Morgan fingerprint density at radius 2 is 2.32 bits per heavy atom. The van der Waals surface area contributed by atoms with E-state index in [-0.39, 0.29) is 5.91 Å². The summed E-state index contributed by atoms with van der Waals surface area (Å²) in [6, 6.07) is 2.01. The van der Waals surface area contributed by atoms with E-state index in [2.05, 4.69) is 15.9 Å². The molecule has 0 N–H and O–H groups in total. The van der Waals surface area contributed by atoms with E-state index in [1.54, 1.807) is 24.5 Å². The fourth-order valence-electron chi connectivity index (χ4n) is 2.23. The molecule has 1 aromatic rings. The van der Waals surface area contributed by atoms with Crippen LogP contribution < -0.4 is 0 Å². The van der Waals surface area contributed by atoms with E-state index in [0.717, 1.165) is 41.9 Å². The third kappa shape index (κ3) is 4.44. The number of carbonyl (C=O) groups is 1. The van der Waals surface area contributed by atoms with Crippen LogP contribution in [0.25, 0.3) is 6.08 Å². The molecule has 1 aromatic heterocycles. The van der Waals surface area contributed by atoms with Gasteiger partial charge in [-0.25, -0.2) is 0 Å². The van der Waals surface area contributed by atoms with Crippen molar-refractivity contribution in [2.45, 2.75) is 12.8 Å². The van der Waals surface area contributed by atoms with Crippen molar-refractivity contribution in [3.63, 3.8) is 0 Å². The highest BCUT2D eigenvalue weighted by Gasteiger charge is 2.21. The molecule has 1 aliphatic heterocycles. The van der Waals surface area contributed by atoms with Crippen LogP contribution in [0.1, 0.15) is 17.7 Å². The topological polar surface area (TPSA) is 29.5 Å². The number of halogens is 1. The molecular formula is C14H18BrNO2S. The molecule has 19 heavy (non-hydrogen) atoms. The third-order valence-corrected chi connectivity index (χ3v) is 4.97. The number of nitrogens with zero attached hydrogens (tertiary/aromatic N) is 1. The van der Waals surface area contributed by atoms with Gasteiger partial charge in [0, 0.05) is 47.6 Å². The lowest BCUT2D eigenvalue weighted by atomic mass is 9.98. The lowest BCUT2D eigenvalue weighted by Gasteiger charge is -2.30. The standard InChI is InChI=1S/C14H18BrNO2S/c1-18-9-11-4-6-16(7-5-11)14(17)3-2-13-8-12(15)10-19-13/h2-3,8,10-11H,4-7,9H2,1H3/b3-2+. The first-order valence-corrected chi connectivity index (χ1v) is 8.06. The summed E-state index contributed by atoms with van der Waals surface area (Å²) in [5.41, 5.74) is 0.